The van der Waals surface area contributed by atoms with Crippen LogP contribution in [0.5, 0.6) is 5.75 Å². The van der Waals surface area contributed by atoms with Crippen LogP contribution in [0.1, 0.15) is 18.1 Å². The standard InChI is InChI=1S/C19H18N2O3/c1-14(22)17(11-15-7-3-2-4-8-15)21-19(23)13-24-18-10-6-5-9-16(18)12-20/h2-10,17H,11,13H2,1H3,(H,21,23). The molecule has 0 bridgehead atoms. The number of ketones is 1. The first-order chi connectivity index (χ1) is 11.6. The van der Waals surface area contributed by atoms with E-state index in [1.165, 1.54) is 6.92 Å². The van der Waals surface area contributed by atoms with E-state index in [9.17, 15) is 9.59 Å². The minimum Gasteiger partial charge on any atom is -0.482 e. The van der Waals surface area contributed by atoms with Crippen LogP contribution in [0.3, 0.4) is 0 Å². The Bertz CT molecular complexity index is 751. The molecule has 0 saturated heterocycles. The fourth-order valence-electron chi connectivity index (χ4n) is 2.21. The molecular weight excluding hydrogens is 304 g/mol. The molecule has 2 aromatic rings. The molecule has 2 rings (SSSR count). The van der Waals surface area contributed by atoms with Crippen LogP contribution in [0.15, 0.2) is 54.6 Å². The van der Waals surface area contributed by atoms with Crippen molar-refractivity contribution in [3.63, 3.8) is 0 Å². The molecule has 0 saturated carbocycles. The summed E-state index contributed by atoms with van der Waals surface area (Å²) in [4.78, 5) is 23.8. The van der Waals surface area contributed by atoms with Gasteiger partial charge in [0.25, 0.3) is 5.91 Å². The van der Waals surface area contributed by atoms with Gasteiger partial charge in [-0.1, -0.05) is 42.5 Å². The van der Waals surface area contributed by atoms with Crippen molar-refractivity contribution in [2.45, 2.75) is 19.4 Å². The summed E-state index contributed by atoms with van der Waals surface area (Å²) in [5, 5.41) is 11.7. The van der Waals surface area contributed by atoms with Crippen LogP contribution in [0.4, 0.5) is 0 Å². The number of nitrogens with one attached hydrogen (secondary N) is 1. The Balaban J connectivity index is 1.94. The number of ether oxygens (including phenoxy) is 1. The van der Waals surface area contributed by atoms with Crippen LogP contribution in [-0.2, 0) is 16.0 Å². The first kappa shape index (κ1) is 17.2. The van der Waals surface area contributed by atoms with E-state index in [0.29, 0.717) is 17.7 Å². The normalized spacial score (nSPS) is 11.2. The molecule has 1 N–H and O–H groups in total. The number of nitrogens with zero attached hydrogens (tertiary/aromatic N) is 1. The molecular formula is C19H18N2O3. The van der Waals surface area contributed by atoms with Gasteiger partial charge in [0.15, 0.2) is 12.4 Å². The molecule has 0 fully saturated rings. The number of hydrogen-bond donors (Lipinski definition) is 1. The maximum atomic E-state index is 12.0. The second-order valence-electron chi connectivity index (χ2n) is 5.32. The molecule has 1 atom stereocenters. The maximum absolute atomic E-state index is 12.0. The fraction of sp³-hybridized carbons (Fsp3) is 0.211. The number of amides is 1. The van der Waals surface area contributed by atoms with Crippen LogP contribution in [0, 0.1) is 11.3 Å². The molecule has 5 heteroatoms. The molecule has 0 radical (unpaired) electrons. The molecule has 0 aliphatic heterocycles. The third kappa shape index (κ3) is 4.96. The van der Waals surface area contributed by atoms with Crippen molar-refractivity contribution in [1.29, 1.82) is 5.26 Å². The summed E-state index contributed by atoms with van der Waals surface area (Å²) in [6.07, 6.45) is 0.427. The van der Waals surface area contributed by atoms with Gasteiger partial charge in [0.05, 0.1) is 11.6 Å². The molecule has 1 unspecified atom stereocenters. The number of carbonyl (C=O) groups excluding carboxylic acids is 2. The molecule has 0 heterocycles. The van der Waals surface area contributed by atoms with Gasteiger partial charge in [-0.3, -0.25) is 9.59 Å². The summed E-state index contributed by atoms with van der Waals surface area (Å²) in [6.45, 7) is 1.19. The second kappa shape index (κ2) is 8.49. The van der Waals surface area contributed by atoms with E-state index in [-0.39, 0.29) is 12.4 Å². The maximum Gasteiger partial charge on any atom is 0.258 e. The molecule has 0 aliphatic carbocycles. The lowest BCUT2D eigenvalue weighted by molar-refractivity contribution is -0.128. The number of rotatable bonds is 7. The number of para-hydroxylation sites is 1. The van der Waals surface area contributed by atoms with Crippen LogP contribution >= 0.6 is 0 Å². The number of nitriles is 1. The largest absolute Gasteiger partial charge is 0.482 e. The molecule has 2 aromatic carbocycles. The molecule has 122 valence electrons. The van der Waals surface area contributed by atoms with Crippen molar-refractivity contribution in [2.75, 3.05) is 6.61 Å². The Morgan fingerprint density at radius 3 is 2.46 bits per heavy atom. The Labute approximate surface area is 140 Å². The molecule has 1 amide bonds. The van der Waals surface area contributed by atoms with E-state index >= 15 is 0 Å². The van der Waals surface area contributed by atoms with Crippen molar-refractivity contribution < 1.29 is 14.3 Å². The third-order valence-electron chi connectivity index (χ3n) is 3.47. The van der Waals surface area contributed by atoms with E-state index in [2.05, 4.69) is 5.32 Å². The number of carbonyl (C=O) groups is 2. The highest BCUT2D eigenvalue weighted by atomic mass is 16.5. The van der Waals surface area contributed by atoms with Crippen molar-refractivity contribution in [1.82, 2.24) is 5.32 Å². The summed E-state index contributed by atoms with van der Waals surface area (Å²) < 4.78 is 5.37. The minimum absolute atomic E-state index is 0.121. The fourth-order valence-corrected chi connectivity index (χ4v) is 2.21. The van der Waals surface area contributed by atoms with Crippen LogP contribution in [-0.4, -0.2) is 24.3 Å². The van der Waals surface area contributed by atoms with Crippen LogP contribution < -0.4 is 10.1 Å². The molecule has 0 spiro atoms. The smallest absolute Gasteiger partial charge is 0.258 e. The lowest BCUT2D eigenvalue weighted by Crippen LogP contribution is -2.43. The van der Waals surface area contributed by atoms with Gasteiger partial charge in [0.2, 0.25) is 0 Å². The first-order valence-electron chi connectivity index (χ1n) is 7.56. The predicted molar refractivity (Wildman–Crippen MR) is 89.4 cm³/mol. The van der Waals surface area contributed by atoms with E-state index in [1.54, 1.807) is 24.3 Å². The van der Waals surface area contributed by atoms with Gasteiger partial charge >= 0.3 is 0 Å². The summed E-state index contributed by atoms with van der Waals surface area (Å²) in [7, 11) is 0. The zero-order valence-electron chi connectivity index (χ0n) is 13.4. The lowest BCUT2D eigenvalue weighted by atomic mass is 10.0. The summed E-state index contributed by atoms with van der Waals surface area (Å²) in [6, 6.07) is 17.6. The molecule has 0 aliphatic rings. The zero-order valence-corrected chi connectivity index (χ0v) is 13.4. The first-order valence-corrected chi connectivity index (χ1v) is 7.56. The van der Waals surface area contributed by atoms with E-state index < -0.39 is 11.9 Å². The van der Waals surface area contributed by atoms with Gasteiger partial charge in [0.1, 0.15) is 11.8 Å². The van der Waals surface area contributed by atoms with E-state index in [0.717, 1.165) is 5.56 Å². The van der Waals surface area contributed by atoms with Gasteiger partial charge < -0.3 is 10.1 Å². The Morgan fingerprint density at radius 2 is 1.79 bits per heavy atom. The van der Waals surface area contributed by atoms with E-state index in [1.807, 2.05) is 36.4 Å². The number of benzene rings is 2. The highest BCUT2D eigenvalue weighted by Gasteiger charge is 2.18. The summed E-state index contributed by atoms with van der Waals surface area (Å²) in [5.41, 5.74) is 1.33. The van der Waals surface area contributed by atoms with Gasteiger partial charge in [-0.25, -0.2) is 0 Å². The highest BCUT2D eigenvalue weighted by Crippen LogP contribution is 2.16. The van der Waals surface area contributed by atoms with Crippen molar-refractivity contribution in [2.24, 2.45) is 0 Å². The Morgan fingerprint density at radius 1 is 1.12 bits per heavy atom. The van der Waals surface area contributed by atoms with Crippen molar-refractivity contribution >= 4 is 11.7 Å². The van der Waals surface area contributed by atoms with Crippen LogP contribution in [0.2, 0.25) is 0 Å². The SMILES string of the molecule is CC(=O)C(Cc1ccccc1)NC(=O)COc1ccccc1C#N. The predicted octanol–water partition coefficient (Wildman–Crippen LogP) is 2.25. The van der Waals surface area contributed by atoms with E-state index in [4.69, 9.17) is 10.00 Å². The van der Waals surface area contributed by atoms with Crippen molar-refractivity contribution in [3.05, 3.63) is 65.7 Å². The number of Topliss-reactive ketones (excluding diaryl/α,β-unsaturated/α-hetero) is 1. The van der Waals surface area contributed by atoms with Gasteiger partial charge in [-0.05, 0) is 31.0 Å². The quantitative estimate of drug-likeness (QED) is 0.848. The monoisotopic (exact) mass is 322 g/mol. The third-order valence-corrected chi connectivity index (χ3v) is 3.47. The topological polar surface area (TPSA) is 79.2 Å². The van der Waals surface area contributed by atoms with Gasteiger partial charge in [-0.2, -0.15) is 5.26 Å². The highest BCUT2D eigenvalue weighted by molar-refractivity contribution is 5.88. The van der Waals surface area contributed by atoms with Gasteiger partial charge in [-0.15, -0.1) is 0 Å². The Hall–Kier alpha value is -3.13. The van der Waals surface area contributed by atoms with Crippen molar-refractivity contribution in [3.8, 4) is 11.8 Å². The summed E-state index contributed by atoms with van der Waals surface area (Å²) >= 11 is 0. The molecule has 0 aromatic heterocycles. The summed E-state index contributed by atoms with van der Waals surface area (Å²) in [5.74, 6) is -0.180. The van der Waals surface area contributed by atoms with Gasteiger partial charge in [0, 0.05) is 0 Å². The molecule has 5 nitrogen and oxygen atoms in total. The Kier molecular flexibility index (Phi) is 6.09. The average molecular weight is 322 g/mol. The zero-order chi connectivity index (χ0) is 17.4. The lowest BCUT2D eigenvalue weighted by Gasteiger charge is -2.16. The second-order valence-corrected chi connectivity index (χ2v) is 5.32. The average Bonchev–Trinajstić information content (AvgIpc) is 2.60. The van der Waals surface area contributed by atoms with Crippen LogP contribution in [0.25, 0.3) is 0 Å². The minimum atomic E-state index is -0.602. The number of hydrogen-bond acceptors (Lipinski definition) is 4. The molecule has 24 heavy (non-hydrogen) atoms.